The van der Waals surface area contributed by atoms with Crippen LogP contribution in [0.1, 0.15) is 79.0 Å². The Morgan fingerprint density at radius 1 is 1.16 bits per heavy atom. The number of Topliss-reactive ketones (excluding diaryl/α,β-unsaturated/α-hetero) is 1. The highest BCUT2D eigenvalue weighted by atomic mass is 35.5. The Morgan fingerprint density at radius 2 is 1.88 bits per heavy atom. The molecule has 0 spiro atoms. The van der Waals surface area contributed by atoms with E-state index in [2.05, 4.69) is 28.6 Å². The molecule has 0 saturated heterocycles. The number of carbonyl (C=O) groups is 2. The van der Waals surface area contributed by atoms with Crippen molar-refractivity contribution in [2.24, 2.45) is 4.99 Å². The van der Waals surface area contributed by atoms with Gasteiger partial charge in [0.25, 0.3) is 0 Å². The third kappa shape index (κ3) is 5.30. The zero-order chi connectivity index (χ0) is 22.5. The van der Waals surface area contributed by atoms with Gasteiger partial charge >= 0.3 is 5.97 Å². The van der Waals surface area contributed by atoms with Crippen molar-refractivity contribution in [3.63, 3.8) is 0 Å². The molecule has 3 rings (SSSR count). The summed E-state index contributed by atoms with van der Waals surface area (Å²) in [5.74, 6) is -0.134. The molecule has 1 aliphatic rings. The summed E-state index contributed by atoms with van der Waals surface area (Å²) < 4.78 is 4.65. The van der Waals surface area contributed by atoms with E-state index in [0.29, 0.717) is 25.7 Å². The van der Waals surface area contributed by atoms with E-state index in [0.717, 1.165) is 51.6 Å². The molecule has 3 heterocycles. The van der Waals surface area contributed by atoms with Crippen molar-refractivity contribution in [3.8, 4) is 0 Å². The second kappa shape index (κ2) is 11.1. The molecule has 32 heavy (non-hydrogen) atoms. The summed E-state index contributed by atoms with van der Waals surface area (Å²) in [5.41, 5.74) is 8.78. The van der Waals surface area contributed by atoms with E-state index in [1.54, 1.807) is 0 Å². The van der Waals surface area contributed by atoms with Gasteiger partial charge in [0.05, 0.1) is 24.2 Å². The lowest BCUT2D eigenvalue weighted by Gasteiger charge is -2.03. The van der Waals surface area contributed by atoms with Gasteiger partial charge in [0, 0.05) is 36.0 Å². The van der Waals surface area contributed by atoms with E-state index >= 15 is 0 Å². The fourth-order valence-corrected chi connectivity index (χ4v) is 4.13. The number of aromatic amines is 2. The Kier molecular flexibility index (Phi) is 8.84. The van der Waals surface area contributed by atoms with E-state index in [1.807, 2.05) is 38.3 Å². The SMILES string of the molecule is CCC1=C(C)C(=Cc2[nH]c(C)c(C(=O)CCCCC(=O)OC)c2C)N=C1c1ccc[nH]1.Cl. The Labute approximate surface area is 195 Å². The molecule has 0 amide bonds. The topological polar surface area (TPSA) is 87.3 Å². The maximum absolute atomic E-state index is 12.8. The maximum atomic E-state index is 12.8. The van der Waals surface area contributed by atoms with Crippen molar-refractivity contribution in [1.82, 2.24) is 9.97 Å². The Morgan fingerprint density at radius 3 is 2.50 bits per heavy atom. The summed E-state index contributed by atoms with van der Waals surface area (Å²) in [5, 5.41) is 0. The molecule has 0 aromatic carbocycles. The molecule has 0 atom stereocenters. The number of ketones is 1. The number of aromatic nitrogens is 2. The zero-order valence-electron chi connectivity index (χ0n) is 19.4. The van der Waals surface area contributed by atoms with Crippen molar-refractivity contribution in [1.29, 1.82) is 0 Å². The predicted molar refractivity (Wildman–Crippen MR) is 131 cm³/mol. The first kappa shape index (κ1) is 25.4. The lowest BCUT2D eigenvalue weighted by atomic mass is 9.99. The van der Waals surface area contributed by atoms with Crippen LogP contribution in [0.2, 0.25) is 0 Å². The van der Waals surface area contributed by atoms with Gasteiger partial charge in [-0.1, -0.05) is 6.92 Å². The van der Waals surface area contributed by atoms with Crippen LogP contribution in [0, 0.1) is 13.8 Å². The van der Waals surface area contributed by atoms with Gasteiger partial charge in [-0.05, 0) is 75.0 Å². The average Bonchev–Trinajstić information content (AvgIpc) is 3.44. The van der Waals surface area contributed by atoms with E-state index in [4.69, 9.17) is 4.99 Å². The molecule has 1 aliphatic heterocycles. The second-order valence-electron chi connectivity index (χ2n) is 7.90. The van der Waals surface area contributed by atoms with Gasteiger partial charge in [0.15, 0.2) is 5.78 Å². The van der Waals surface area contributed by atoms with Crippen molar-refractivity contribution in [2.75, 3.05) is 7.11 Å². The van der Waals surface area contributed by atoms with Crippen molar-refractivity contribution >= 4 is 35.9 Å². The minimum absolute atomic E-state index is 0. The minimum atomic E-state index is -0.235. The number of unbranched alkanes of at least 4 members (excludes halogenated alkanes) is 1. The fraction of sp³-hybridized carbons (Fsp3) is 0.400. The first-order chi connectivity index (χ1) is 14.9. The number of carbonyl (C=O) groups excluding carboxylic acids is 2. The standard InChI is InChI=1S/C25H31N3O3.ClH/c1-6-18-15(2)20(28-25(18)19-10-9-13-26-19)14-21-16(3)24(17(4)27-21)22(29)11-7-8-12-23(30)31-5;/h9-10,13-14,26-27H,6-8,11-12H2,1-5H3;1H. The number of H-pyrrole nitrogens is 2. The lowest BCUT2D eigenvalue weighted by molar-refractivity contribution is -0.140. The number of methoxy groups -OCH3 is 1. The van der Waals surface area contributed by atoms with Crippen LogP contribution in [0.4, 0.5) is 0 Å². The second-order valence-corrected chi connectivity index (χ2v) is 7.90. The summed E-state index contributed by atoms with van der Waals surface area (Å²) >= 11 is 0. The molecule has 172 valence electrons. The number of nitrogens with zero attached hydrogens (tertiary/aromatic N) is 1. The van der Waals surface area contributed by atoms with Crippen LogP contribution in [0.25, 0.3) is 6.08 Å². The number of hydrogen-bond donors (Lipinski definition) is 2. The van der Waals surface area contributed by atoms with Gasteiger partial charge in [-0.25, -0.2) is 4.99 Å². The van der Waals surface area contributed by atoms with Crippen LogP contribution < -0.4 is 0 Å². The number of aryl methyl sites for hydroxylation is 1. The van der Waals surface area contributed by atoms with Crippen molar-refractivity contribution in [3.05, 3.63) is 63.4 Å². The molecule has 0 unspecified atom stereocenters. The van der Waals surface area contributed by atoms with Gasteiger partial charge in [-0.3, -0.25) is 9.59 Å². The Hall–Kier alpha value is -2.86. The third-order valence-electron chi connectivity index (χ3n) is 5.86. The molecule has 2 N–H and O–H groups in total. The van der Waals surface area contributed by atoms with Crippen molar-refractivity contribution < 1.29 is 14.3 Å². The first-order valence-electron chi connectivity index (χ1n) is 10.8. The summed E-state index contributed by atoms with van der Waals surface area (Å²) in [6.45, 7) is 8.14. The van der Waals surface area contributed by atoms with Crippen LogP contribution in [-0.2, 0) is 9.53 Å². The number of nitrogens with one attached hydrogen (secondary N) is 2. The average molecular weight is 458 g/mol. The molecular weight excluding hydrogens is 426 g/mol. The van der Waals surface area contributed by atoms with Crippen LogP contribution >= 0.6 is 12.4 Å². The van der Waals surface area contributed by atoms with Crippen LogP contribution in [0.5, 0.6) is 0 Å². The molecule has 0 fully saturated rings. The molecular formula is C25H32ClN3O3. The monoisotopic (exact) mass is 457 g/mol. The third-order valence-corrected chi connectivity index (χ3v) is 5.86. The van der Waals surface area contributed by atoms with Gasteiger partial charge in [0.2, 0.25) is 0 Å². The van der Waals surface area contributed by atoms with Crippen LogP contribution in [0.15, 0.2) is 40.2 Å². The highest BCUT2D eigenvalue weighted by Crippen LogP contribution is 2.32. The number of esters is 1. The first-order valence-corrected chi connectivity index (χ1v) is 10.8. The van der Waals surface area contributed by atoms with Gasteiger partial charge < -0.3 is 14.7 Å². The zero-order valence-corrected chi connectivity index (χ0v) is 20.2. The van der Waals surface area contributed by atoms with Gasteiger partial charge in [-0.15, -0.1) is 12.4 Å². The summed E-state index contributed by atoms with van der Waals surface area (Å²) in [6, 6.07) is 4.01. The van der Waals surface area contributed by atoms with Crippen LogP contribution in [0.3, 0.4) is 0 Å². The molecule has 7 heteroatoms. The largest absolute Gasteiger partial charge is 0.469 e. The Bertz CT molecular complexity index is 1070. The molecule has 0 aliphatic carbocycles. The number of ether oxygens (including phenoxy) is 1. The fourth-order valence-electron chi connectivity index (χ4n) is 4.13. The van der Waals surface area contributed by atoms with Crippen LogP contribution in [-0.4, -0.2) is 34.5 Å². The molecule has 0 bridgehead atoms. The normalized spacial score (nSPS) is 14.5. The lowest BCUT2D eigenvalue weighted by Crippen LogP contribution is -2.04. The van der Waals surface area contributed by atoms with Gasteiger partial charge in [0.1, 0.15) is 0 Å². The number of aliphatic imine (C=N–C) groups is 1. The number of rotatable bonds is 9. The van der Waals surface area contributed by atoms with E-state index in [9.17, 15) is 9.59 Å². The van der Waals surface area contributed by atoms with E-state index in [1.165, 1.54) is 12.7 Å². The minimum Gasteiger partial charge on any atom is -0.469 e. The predicted octanol–water partition coefficient (Wildman–Crippen LogP) is 5.87. The van der Waals surface area contributed by atoms with Gasteiger partial charge in [-0.2, -0.15) is 0 Å². The quantitative estimate of drug-likeness (QED) is 0.280. The summed E-state index contributed by atoms with van der Waals surface area (Å²) in [7, 11) is 1.38. The molecule has 2 aromatic rings. The molecule has 6 nitrogen and oxygen atoms in total. The van der Waals surface area contributed by atoms with Crippen molar-refractivity contribution in [2.45, 2.75) is 59.8 Å². The Balaban J connectivity index is 0.00000363. The number of halogens is 1. The molecule has 2 aromatic heterocycles. The highest BCUT2D eigenvalue weighted by Gasteiger charge is 2.23. The number of allylic oxidation sites excluding steroid dienone is 2. The highest BCUT2D eigenvalue weighted by molar-refractivity contribution is 6.15. The van der Waals surface area contributed by atoms with E-state index < -0.39 is 0 Å². The summed E-state index contributed by atoms with van der Waals surface area (Å²) in [4.78, 5) is 35.6. The molecule has 0 radical (unpaired) electrons. The number of hydrogen-bond acceptors (Lipinski definition) is 4. The molecule has 0 saturated carbocycles. The summed E-state index contributed by atoms with van der Waals surface area (Å²) in [6.07, 6.45) is 6.93. The smallest absolute Gasteiger partial charge is 0.305 e. The maximum Gasteiger partial charge on any atom is 0.305 e. The van der Waals surface area contributed by atoms with E-state index in [-0.39, 0.29) is 24.2 Å².